The zero-order valence-corrected chi connectivity index (χ0v) is 6.94. The average molecular weight is 153 g/mol. The van der Waals surface area contributed by atoms with Gasteiger partial charge in [-0.25, -0.2) is 0 Å². The van der Waals surface area contributed by atoms with E-state index >= 15 is 0 Å². The molecule has 0 aliphatic rings. The Kier molecular flexibility index (Phi) is 2.75. The second-order valence-corrected chi connectivity index (χ2v) is 2.75. The molecule has 0 saturated heterocycles. The Morgan fingerprint density at radius 3 is 2.80 bits per heavy atom. The number of hydrogen-bond donors (Lipinski definition) is 1. The van der Waals surface area contributed by atoms with Gasteiger partial charge < -0.3 is 0 Å². The van der Waals surface area contributed by atoms with Crippen molar-refractivity contribution in [3.63, 3.8) is 0 Å². The van der Waals surface area contributed by atoms with Crippen LogP contribution in [0.3, 0.4) is 0 Å². The lowest BCUT2D eigenvalue weighted by Crippen LogP contribution is -1.90. The third kappa shape index (κ3) is 2.03. The summed E-state index contributed by atoms with van der Waals surface area (Å²) in [4.78, 5) is 4.22. The Balaban J connectivity index is 2.69. The molecule has 1 heterocycles. The lowest BCUT2D eigenvalue weighted by atomic mass is 10.2. The number of rotatable bonds is 2. The van der Waals surface area contributed by atoms with Crippen molar-refractivity contribution in [2.45, 2.75) is 13.3 Å². The van der Waals surface area contributed by atoms with Crippen LogP contribution in [0.15, 0.2) is 18.3 Å². The second kappa shape index (κ2) is 3.62. The number of pyridine rings is 1. The van der Waals surface area contributed by atoms with Crippen molar-refractivity contribution in [1.82, 2.24) is 4.98 Å². The highest BCUT2D eigenvalue weighted by atomic mass is 32.1. The minimum Gasteiger partial charge on any atom is -0.261 e. The summed E-state index contributed by atoms with van der Waals surface area (Å²) in [6, 6.07) is 4.12. The van der Waals surface area contributed by atoms with E-state index in [1.54, 1.807) is 0 Å². The second-order valence-electron chi connectivity index (χ2n) is 2.30. The standard InChI is InChI=1S/C8H11NS/c1-7-2-3-8(4-5-10)9-6-7/h2-3,6,10H,4-5H2,1H3. The van der Waals surface area contributed by atoms with Crippen molar-refractivity contribution in [1.29, 1.82) is 0 Å². The van der Waals surface area contributed by atoms with E-state index in [2.05, 4.69) is 23.7 Å². The van der Waals surface area contributed by atoms with E-state index in [0.29, 0.717) is 0 Å². The largest absolute Gasteiger partial charge is 0.261 e. The molecular weight excluding hydrogens is 142 g/mol. The number of hydrogen-bond acceptors (Lipinski definition) is 2. The van der Waals surface area contributed by atoms with Crippen molar-refractivity contribution < 1.29 is 0 Å². The minimum atomic E-state index is 0.871. The first-order chi connectivity index (χ1) is 4.83. The molecular formula is C8H11NS. The van der Waals surface area contributed by atoms with Gasteiger partial charge in [-0.2, -0.15) is 12.6 Å². The molecule has 10 heavy (non-hydrogen) atoms. The van der Waals surface area contributed by atoms with Crippen LogP contribution >= 0.6 is 12.6 Å². The van der Waals surface area contributed by atoms with Gasteiger partial charge in [-0.15, -0.1) is 0 Å². The molecule has 0 amide bonds. The van der Waals surface area contributed by atoms with Crippen LogP contribution in [-0.4, -0.2) is 10.7 Å². The minimum absolute atomic E-state index is 0.871. The van der Waals surface area contributed by atoms with Crippen LogP contribution < -0.4 is 0 Å². The van der Waals surface area contributed by atoms with Crippen molar-refractivity contribution in [3.8, 4) is 0 Å². The van der Waals surface area contributed by atoms with Crippen LogP contribution in [0.5, 0.6) is 0 Å². The zero-order chi connectivity index (χ0) is 7.40. The fourth-order valence-electron chi connectivity index (χ4n) is 0.761. The van der Waals surface area contributed by atoms with Gasteiger partial charge in [0.1, 0.15) is 0 Å². The Labute approximate surface area is 66.9 Å². The topological polar surface area (TPSA) is 12.9 Å². The zero-order valence-electron chi connectivity index (χ0n) is 6.04. The third-order valence-corrected chi connectivity index (χ3v) is 1.56. The first-order valence-corrected chi connectivity index (χ1v) is 3.98. The van der Waals surface area contributed by atoms with Crippen LogP contribution in [0.1, 0.15) is 11.3 Å². The first-order valence-electron chi connectivity index (χ1n) is 3.35. The normalized spacial score (nSPS) is 9.80. The van der Waals surface area contributed by atoms with Crippen molar-refractivity contribution in [3.05, 3.63) is 29.6 Å². The molecule has 0 aliphatic carbocycles. The van der Waals surface area contributed by atoms with Crippen molar-refractivity contribution >= 4 is 12.6 Å². The van der Waals surface area contributed by atoms with Gasteiger partial charge in [0, 0.05) is 11.9 Å². The van der Waals surface area contributed by atoms with E-state index < -0.39 is 0 Å². The molecule has 1 nitrogen and oxygen atoms in total. The van der Waals surface area contributed by atoms with E-state index in [0.717, 1.165) is 17.9 Å². The van der Waals surface area contributed by atoms with Gasteiger partial charge in [0.25, 0.3) is 0 Å². The van der Waals surface area contributed by atoms with Gasteiger partial charge in [-0.1, -0.05) is 6.07 Å². The molecule has 0 aliphatic heterocycles. The summed E-state index contributed by atoms with van der Waals surface area (Å²) in [6.07, 6.45) is 2.85. The monoisotopic (exact) mass is 153 g/mol. The Bertz CT molecular complexity index is 193. The van der Waals surface area contributed by atoms with Crippen LogP contribution in [-0.2, 0) is 6.42 Å². The molecule has 0 radical (unpaired) electrons. The summed E-state index contributed by atoms with van der Waals surface area (Å²) < 4.78 is 0. The van der Waals surface area contributed by atoms with E-state index in [1.165, 1.54) is 5.56 Å². The van der Waals surface area contributed by atoms with Gasteiger partial charge in [-0.3, -0.25) is 4.98 Å². The SMILES string of the molecule is Cc1ccc(CCS)nc1. The number of thiol groups is 1. The van der Waals surface area contributed by atoms with Crippen LogP contribution in [0, 0.1) is 6.92 Å². The fourth-order valence-corrected chi connectivity index (χ4v) is 0.990. The van der Waals surface area contributed by atoms with Crippen molar-refractivity contribution in [2.75, 3.05) is 5.75 Å². The Morgan fingerprint density at radius 1 is 1.50 bits per heavy atom. The van der Waals surface area contributed by atoms with Crippen LogP contribution in [0.2, 0.25) is 0 Å². The number of nitrogens with zero attached hydrogens (tertiary/aromatic N) is 1. The Morgan fingerprint density at radius 2 is 2.30 bits per heavy atom. The molecule has 0 unspecified atom stereocenters. The lowest BCUT2D eigenvalue weighted by molar-refractivity contribution is 1.04. The summed E-state index contributed by atoms with van der Waals surface area (Å²) in [5.41, 5.74) is 2.34. The smallest absolute Gasteiger partial charge is 0.0411 e. The predicted octanol–water partition coefficient (Wildman–Crippen LogP) is 1.86. The third-order valence-electron chi connectivity index (χ3n) is 1.34. The molecule has 0 bridgehead atoms. The summed E-state index contributed by atoms with van der Waals surface area (Å²) >= 11 is 4.12. The maximum Gasteiger partial charge on any atom is 0.0411 e. The van der Waals surface area contributed by atoms with Gasteiger partial charge >= 0.3 is 0 Å². The summed E-state index contributed by atoms with van der Waals surface area (Å²) in [5, 5.41) is 0. The Hall–Kier alpha value is -0.500. The van der Waals surface area contributed by atoms with Crippen LogP contribution in [0.25, 0.3) is 0 Å². The number of aromatic nitrogens is 1. The maximum atomic E-state index is 4.22. The molecule has 0 N–H and O–H groups in total. The maximum absolute atomic E-state index is 4.22. The van der Waals surface area contributed by atoms with Gasteiger partial charge in [0.05, 0.1) is 0 Å². The quantitative estimate of drug-likeness (QED) is 0.640. The summed E-state index contributed by atoms with van der Waals surface area (Å²) in [7, 11) is 0. The molecule has 1 aromatic heterocycles. The van der Waals surface area contributed by atoms with Gasteiger partial charge in [-0.05, 0) is 30.7 Å². The van der Waals surface area contributed by atoms with E-state index in [1.807, 2.05) is 19.2 Å². The molecule has 2 heteroatoms. The number of aryl methyl sites for hydroxylation is 2. The molecule has 54 valence electrons. The van der Waals surface area contributed by atoms with E-state index in [4.69, 9.17) is 0 Å². The van der Waals surface area contributed by atoms with E-state index in [-0.39, 0.29) is 0 Å². The lowest BCUT2D eigenvalue weighted by Gasteiger charge is -1.95. The van der Waals surface area contributed by atoms with Gasteiger partial charge in [0.15, 0.2) is 0 Å². The summed E-state index contributed by atoms with van der Waals surface area (Å²) in [6.45, 7) is 2.04. The average Bonchev–Trinajstić information content (AvgIpc) is 1.95. The van der Waals surface area contributed by atoms with Crippen molar-refractivity contribution in [2.24, 2.45) is 0 Å². The molecule has 0 spiro atoms. The fraction of sp³-hybridized carbons (Fsp3) is 0.375. The predicted molar refractivity (Wildman–Crippen MR) is 46.5 cm³/mol. The summed E-state index contributed by atoms with van der Waals surface area (Å²) in [5.74, 6) is 0.871. The first kappa shape index (κ1) is 7.61. The molecule has 1 aromatic rings. The molecule has 0 saturated carbocycles. The highest BCUT2D eigenvalue weighted by Crippen LogP contribution is 1.99. The van der Waals surface area contributed by atoms with E-state index in [9.17, 15) is 0 Å². The molecule has 0 atom stereocenters. The molecule has 0 fully saturated rings. The molecule has 0 aromatic carbocycles. The van der Waals surface area contributed by atoms with Gasteiger partial charge in [0.2, 0.25) is 0 Å². The van der Waals surface area contributed by atoms with Crippen LogP contribution in [0.4, 0.5) is 0 Å². The molecule has 1 rings (SSSR count). The highest BCUT2D eigenvalue weighted by molar-refractivity contribution is 7.80. The highest BCUT2D eigenvalue weighted by Gasteiger charge is 1.89.